The highest BCUT2D eigenvalue weighted by Crippen LogP contribution is 2.15. The average Bonchev–Trinajstić information content (AvgIpc) is 2.39. The highest BCUT2D eigenvalue weighted by atomic mass is 19.1. The molecule has 1 nitrogen and oxygen atoms in total. The van der Waals surface area contributed by atoms with Gasteiger partial charge in [-0.05, 0) is 30.2 Å². The summed E-state index contributed by atoms with van der Waals surface area (Å²) in [6.07, 6.45) is 1.77. The van der Waals surface area contributed by atoms with Crippen LogP contribution in [0.1, 0.15) is 24.1 Å². The zero-order chi connectivity index (χ0) is 12.1. The molecule has 0 heterocycles. The SMILES string of the molecule is CC(N=Cc1ccc(F)cc1)c1ccccc1. The van der Waals surface area contributed by atoms with Crippen LogP contribution in [-0.2, 0) is 0 Å². The fraction of sp³-hybridized carbons (Fsp3) is 0.133. The van der Waals surface area contributed by atoms with Gasteiger partial charge in [0.1, 0.15) is 5.82 Å². The Hall–Kier alpha value is -1.96. The van der Waals surface area contributed by atoms with Crippen molar-refractivity contribution in [3.8, 4) is 0 Å². The molecule has 2 aromatic rings. The fourth-order valence-electron chi connectivity index (χ4n) is 1.56. The quantitative estimate of drug-likeness (QED) is 0.703. The normalized spacial score (nSPS) is 12.8. The molecule has 0 fully saturated rings. The molecule has 2 heteroatoms. The molecular weight excluding hydrogens is 213 g/mol. The second-order valence-corrected chi connectivity index (χ2v) is 3.92. The Morgan fingerprint density at radius 3 is 2.29 bits per heavy atom. The zero-order valence-electron chi connectivity index (χ0n) is 9.68. The van der Waals surface area contributed by atoms with E-state index >= 15 is 0 Å². The molecular formula is C15H14FN. The molecule has 0 spiro atoms. The van der Waals surface area contributed by atoms with Crippen molar-refractivity contribution in [3.05, 3.63) is 71.5 Å². The molecule has 1 unspecified atom stereocenters. The lowest BCUT2D eigenvalue weighted by Crippen LogP contribution is -1.90. The molecule has 0 radical (unpaired) electrons. The highest BCUT2D eigenvalue weighted by molar-refractivity contribution is 5.79. The minimum atomic E-state index is -0.224. The van der Waals surface area contributed by atoms with Gasteiger partial charge in [-0.25, -0.2) is 4.39 Å². The predicted octanol–water partition coefficient (Wildman–Crippen LogP) is 4.01. The molecule has 17 heavy (non-hydrogen) atoms. The first-order valence-electron chi connectivity index (χ1n) is 5.59. The second-order valence-electron chi connectivity index (χ2n) is 3.92. The van der Waals surface area contributed by atoms with Crippen molar-refractivity contribution in [1.29, 1.82) is 0 Å². The van der Waals surface area contributed by atoms with Crippen LogP contribution in [0, 0.1) is 5.82 Å². The van der Waals surface area contributed by atoms with E-state index in [0.29, 0.717) is 0 Å². The summed E-state index contributed by atoms with van der Waals surface area (Å²) in [7, 11) is 0. The number of nitrogens with zero attached hydrogens (tertiary/aromatic N) is 1. The summed E-state index contributed by atoms with van der Waals surface area (Å²) in [6.45, 7) is 2.04. The Kier molecular flexibility index (Phi) is 3.66. The maximum atomic E-state index is 12.7. The van der Waals surface area contributed by atoms with Gasteiger partial charge in [-0.1, -0.05) is 42.5 Å². The van der Waals surface area contributed by atoms with Gasteiger partial charge in [-0.15, -0.1) is 0 Å². The third-order valence-electron chi connectivity index (χ3n) is 2.60. The number of rotatable bonds is 3. The van der Waals surface area contributed by atoms with Crippen molar-refractivity contribution in [3.63, 3.8) is 0 Å². The molecule has 1 atom stereocenters. The lowest BCUT2D eigenvalue weighted by Gasteiger charge is -2.05. The van der Waals surface area contributed by atoms with Crippen LogP contribution < -0.4 is 0 Å². The van der Waals surface area contributed by atoms with Gasteiger partial charge in [0, 0.05) is 6.21 Å². The number of hydrogen-bond acceptors (Lipinski definition) is 1. The molecule has 2 rings (SSSR count). The summed E-state index contributed by atoms with van der Waals surface area (Å²) in [4.78, 5) is 4.45. The fourth-order valence-corrected chi connectivity index (χ4v) is 1.56. The van der Waals surface area contributed by atoms with E-state index in [-0.39, 0.29) is 11.9 Å². The lowest BCUT2D eigenvalue weighted by atomic mass is 10.1. The number of benzene rings is 2. The third kappa shape index (κ3) is 3.25. The van der Waals surface area contributed by atoms with Crippen molar-refractivity contribution in [2.75, 3.05) is 0 Å². The molecule has 86 valence electrons. The molecule has 0 saturated heterocycles. The number of halogens is 1. The van der Waals surface area contributed by atoms with Crippen molar-refractivity contribution in [2.24, 2.45) is 4.99 Å². The van der Waals surface area contributed by atoms with Crippen LogP contribution in [0.5, 0.6) is 0 Å². The topological polar surface area (TPSA) is 12.4 Å². The summed E-state index contributed by atoms with van der Waals surface area (Å²) in [6, 6.07) is 16.5. The molecule has 0 aliphatic carbocycles. The monoisotopic (exact) mass is 227 g/mol. The Balaban J connectivity index is 2.08. The van der Waals surface area contributed by atoms with E-state index in [1.807, 2.05) is 37.3 Å². The Morgan fingerprint density at radius 2 is 1.65 bits per heavy atom. The van der Waals surface area contributed by atoms with Crippen LogP contribution in [0.4, 0.5) is 4.39 Å². The second kappa shape index (κ2) is 5.39. The van der Waals surface area contributed by atoms with Crippen LogP contribution >= 0.6 is 0 Å². The molecule has 0 amide bonds. The molecule has 0 saturated carbocycles. The van der Waals surface area contributed by atoms with Crippen molar-refractivity contribution in [1.82, 2.24) is 0 Å². The largest absolute Gasteiger partial charge is 0.285 e. The van der Waals surface area contributed by atoms with E-state index in [1.54, 1.807) is 18.3 Å². The van der Waals surface area contributed by atoms with E-state index in [0.717, 1.165) is 5.56 Å². The zero-order valence-corrected chi connectivity index (χ0v) is 9.68. The molecule has 0 aliphatic heterocycles. The number of hydrogen-bond donors (Lipinski definition) is 0. The molecule has 2 aromatic carbocycles. The Bertz CT molecular complexity index is 488. The van der Waals surface area contributed by atoms with Crippen molar-refractivity contribution >= 4 is 6.21 Å². The standard InChI is InChI=1S/C15H14FN/c1-12(14-5-3-2-4-6-14)17-11-13-7-9-15(16)10-8-13/h2-12H,1H3. The van der Waals surface area contributed by atoms with Crippen molar-refractivity contribution in [2.45, 2.75) is 13.0 Å². The highest BCUT2D eigenvalue weighted by Gasteiger charge is 2.00. The van der Waals surface area contributed by atoms with Crippen LogP contribution in [-0.4, -0.2) is 6.21 Å². The van der Waals surface area contributed by atoms with Crippen LogP contribution in [0.3, 0.4) is 0 Å². The maximum Gasteiger partial charge on any atom is 0.123 e. The van der Waals surface area contributed by atoms with E-state index < -0.39 is 0 Å². The third-order valence-corrected chi connectivity index (χ3v) is 2.60. The maximum absolute atomic E-state index is 12.7. The Morgan fingerprint density at radius 1 is 1.00 bits per heavy atom. The molecule has 0 bridgehead atoms. The van der Waals surface area contributed by atoms with Crippen LogP contribution in [0.15, 0.2) is 59.6 Å². The average molecular weight is 227 g/mol. The van der Waals surface area contributed by atoms with E-state index in [1.165, 1.54) is 17.7 Å². The van der Waals surface area contributed by atoms with Crippen LogP contribution in [0.25, 0.3) is 0 Å². The van der Waals surface area contributed by atoms with Gasteiger partial charge in [-0.2, -0.15) is 0 Å². The predicted molar refractivity (Wildman–Crippen MR) is 68.9 cm³/mol. The summed E-state index contributed by atoms with van der Waals surface area (Å²) < 4.78 is 12.7. The first kappa shape index (κ1) is 11.5. The van der Waals surface area contributed by atoms with Crippen LogP contribution in [0.2, 0.25) is 0 Å². The molecule has 0 aliphatic rings. The van der Waals surface area contributed by atoms with Gasteiger partial charge in [0.25, 0.3) is 0 Å². The van der Waals surface area contributed by atoms with Gasteiger partial charge in [0.2, 0.25) is 0 Å². The summed E-state index contributed by atoms with van der Waals surface area (Å²) in [5.74, 6) is -0.224. The summed E-state index contributed by atoms with van der Waals surface area (Å²) >= 11 is 0. The van der Waals surface area contributed by atoms with Gasteiger partial charge in [0.05, 0.1) is 6.04 Å². The first-order valence-corrected chi connectivity index (χ1v) is 5.59. The summed E-state index contributed by atoms with van der Waals surface area (Å²) in [5.41, 5.74) is 2.08. The van der Waals surface area contributed by atoms with E-state index in [9.17, 15) is 4.39 Å². The minimum Gasteiger partial charge on any atom is -0.285 e. The summed E-state index contributed by atoms with van der Waals surface area (Å²) in [5, 5.41) is 0. The van der Waals surface area contributed by atoms with Gasteiger partial charge < -0.3 is 0 Å². The minimum absolute atomic E-state index is 0.112. The van der Waals surface area contributed by atoms with Gasteiger partial charge in [0.15, 0.2) is 0 Å². The molecule has 0 aromatic heterocycles. The lowest BCUT2D eigenvalue weighted by molar-refractivity contribution is 0.628. The molecule has 0 N–H and O–H groups in total. The van der Waals surface area contributed by atoms with E-state index in [4.69, 9.17) is 0 Å². The smallest absolute Gasteiger partial charge is 0.123 e. The van der Waals surface area contributed by atoms with Crippen molar-refractivity contribution < 1.29 is 4.39 Å². The van der Waals surface area contributed by atoms with E-state index in [2.05, 4.69) is 4.99 Å². The Labute approximate surface area is 101 Å². The van der Waals surface area contributed by atoms with Gasteiger partial charge >= 0.3 is 0 Å². The number of aliphatic imine (C=N–C) groups is 1. The van der Waals surface area contributed by atoms with Gasteiger partial charge in [-0.3, -0.25) is 4.99 Å². The first-order chi connectivity index (χ1) is 8.25.